The Balaban J connectivity index is 1.94. The Labute approximate surface area is 137 Å². The number of ether oxygens (including phenoxy) is 1. The molecule has 7 heteroatoms. The number of hydrogen-bond acceptors (Lipinski definition) is 4. The summed E-state index contributed by atoms with van der Waals surface area (Å²) in [4.78, 5) is 2.28. The van der Waals surface area contributed by atoms with Crippen molar-refractivity contribution in [2.24, 2.45) is 0 Å². The Hall–Kier alpha value is -0.660. The molecular weight excluding hydrogens is 324 g/mol. The zero-order chi connectivity index (χ0) is 16.2. The SMILES string of the molecule is CNS(=O)(=O)CCCN1C[C@@H](c2cccc(Cl)c2)OC[C@@H]1C. The third-order valence-electron chi connectivity index (χ3n) is 3.95. The fraction of sp³-hybridized carbons (Fsp3) is 0.600. The lowest BCUT2D eigenvalue weighted by atomic mass is 10.1. The molecule has 1 aliphatic heterocycles. The third kappa shape index (κ3) is 4.93. The highest BCUT2D eigenvalue weighted by molar-refractivity contribution is 7.89. The van der Waals surface area contributed by atoms with Crippen LogP contribution in [0.5, 0.6) is 0 Å². The molecule has 124 valence electrons. The number of hydrogen-bond donors (Lipinski definition) is 1. The highest BCUT2D eigenvalue weighted by atomic mass is 35.5. The molecule has 1 saturated heterocycles. The fourth-order valence-corrected chi connectivity index (χ4v) is 3.50. The third-order valence-corrected chi connectivity index (χ3v) is 5.64. The van der Waals surface area contributed by atoms with Crippen LogP contribution in [-0.2, 0) is 14.8 Å². The second kappa shape index (κ2) is 7.75. The minimum absolute atomic E-state index is 0.0178. The Bertz CT molecular complexity index is 594. The van der Waals surface area contributed by atoms with Gasteiger partial charge in [0.1, 0.15) is 0 Å². The maximum absolute atomic E-state index is 11.5. The lowest BCUT2D eigenvalue weighted by molar-refractivity contribution is -0.0597. The Kier molecular flexibility index (Phi) is 6.23. The number of nitrogens with zero attached hydrogens (tertiary/aromatic N) is 1. The van der Waals surface area contributed by atoms with E-state index < -0.39 is 10.0 Å². The highest BCUT2D eigenvalue weighted by Gasteiger charge is 2.27. The van der Waals surface area contributed by atoms with E-state index in [0.29, 0.717) is 18.1 Å². The molecule has 1 aromatic carbocycles. The molecule has 0 saturated carbocycles. The van der Waals surface area contributed by atoms with E-state index in [1.165, 1.54) is 7.05 Å². The molecule has 0 spiro atoms. The van der Waals surface area contributed by atoms with Crippen LogP contribution in [0.15, 0.2) is 24.3 Å². The largest absolute Gasteiger partial charge is 0.371 e. The van der Waals surface area contributed by atoms with E-state index >= 15 is 0 Å². The molecule has 0 bridgehead atoms. The van der Waals surface area contributed by atoms with Crippen molar-refractivity contribution in [2.45, 2.75) is 25.5 Å². The van der Waals surface area contributed by atoms with Crippen LogP contribution in [0.2, 0.25) is 5.02 Å². The van der Waals surface area contributed by atoms with E-state index in [-0.39, 0.29) is 17.9 Å². The van der Waals surface area contributed by atoms with Crippen molar-refractivity contribution in [2.75, 3.05) is 32.5 Å². The summed E-state index contributed by atoms with van der Waals surface area (Å²) in [6, 6.07) is 7.98. The van der Waals surface area contributed by atoms with Crippen molar-refractivity contribution in [3.8, 4) is 0 Å². The number of morpholine rings is 1. The molecule has 2 atom stereocenters. The van der Waals surface area contributed by atoms with Gasteiger partial charge in [0.25, 0.3) is 0 Å². The average molecular weight is 347 g/mol. The summed E-state index contributed by atoms with van der Waals surface area (Å²) in [5.41, 5.74) is 1.06. The smallest absolute Gasteiger partial charge is 0.211 e. The first kappa shape index (κ1) is 17.7. The summed E-state index contributed by atoms with van der Waals surface area (Å²) in [6.45, 7) is 4.22. The van der Waals surface area contributed by atoms with Gasteiger partial charge >= 0.3 is 0 Å². The molecule has 0 amide bonds. The molecule has 0 unspecified atom stereocenters. The quantitative estimate of drug-likeness (QED) is 0.856. The number of rotatable bonds is 6. The van der Waals surface area contributed by atoms with Crippen LogP contribution in [0, 0.1) is 0 Å². The lowest BCUT2D eigenvalue weighted by Gasteiger charge is -2.38. The number of benzene rings is 1. The fourth-order valence-electron chi connectivity index (χ4n) is 2.59. The minimum Gasteiger partial charge on any atom is -0.371 e. The average Bonchev–Trinajstić information content (AvgIpc) is 2.49. The number of nitrogens with one attached hydrogen (secondary N) is 1. The first-order chi connectivity index (χ1) is 10.4. The van der Waals surface area contributed by atoms with Crippen molar-refractivity contribution in [1.82, 2.24) is 9.62 Å². The van der Waals surface area contributed by atoms with Crippen LogP contribution in [0.4, 0.5) is 0 Å². The Morgan fingerprint density at radius 1 is 1.45 bits per heavy atom. The molecule has 2 rings (SSSR count). The molecule has 0 aliphatic carbocycles. The van der Waals surface area contributed by atoms with Gasteiger partial charge in [-0.1, -0.05) is 23.7 Å². The number of sulfonamides is 1. The van der Waals surface area contributed by atoms with Gasteiger partial charge in [-0.25, -0.2) is 13.1 Å². The van der Waals surface area contributed by atoms with Crippen LogP contribution >= 0.6 is 11.6 Å². The van der Waals surface area contributed by atoms with Crippen molar-refractivity contribution >= 4 is 21.6 Å². The van der Waals surface area contributed by atoms with Gasteiger partial charge < -0.3 is 4.74 Å². The van der Waals surface area contributed by atoms with Gasteiger partial charge in [0.15, 0.2) is 0 Å². The second-order valence-electron chi connectivity index (χ2n) is 5.60. The molecule has 0 aromatic heterocycles. The second-order valence-corrected chi connectivity index (χ2v) is 8.08. The van der Waals surface area contributed by atoms with Crippen molar-refractivity contribution in [3.63, 3.8) is 0 Å². The van der Waals surface area contributed by atoms with Gasteiger partial charge in [0.2, 0.25) is 10.0 Å². The van der Waals surface area contributed by atoms with E-state index in [2.05, 4.69) is 16.5 Å². The topological polar surface area (TPSA) is 58.6 Å². The van der Waals surface area contributed by atoms with Gasteiger partial charge in [-0.2, -0.15) is 0 Å². The molecular formula is C15H23ClN2O3S. The van der Waals surface area contributed by atoms with Crippen LogP contribution in [0.1, 0.15) is 25.0 Å². The van der Waals surface area contributed by atoms with Crippen molar-refractivity contribution in [1.29, 1.82) is 0 Å². The predicted octanol–water partition coefficient (Wildman–Crippen LogP) is 2.04. The maximum atomic E-state index is 11.5. The minimum atomic E-state index is -3.13. The van der Waals surface area contributed by atoms with E-state index in [1.807, 2.05) is 24.3 Å². The molecule has 1 fully saturated rings. The van der Waals surface area contributed by atoms with Gasteiger partial charge in [0, 0.05) is 17.6 Å². The molecule has 5 nitrogen and oxygen atoms in total. The first-order valence-corrected chi connectivity index (χ1v) is 9.46. The summed E-state index contributed by atoms with van der Waals surface area (Å²) >= 11 is 6.04. The molecule has 1 aromatic rings. The zero-order valence-electron chi connectivity index (χ0n) is 13.0. The van der Waals surface area contributed by atoms with Crippen molar-refractivity contribution in [3.05, 3.63) is 34.9 Å². The standard InChI is InChI=1S/C15H23ClN2O3S/c1-12-11-21-15(13-5-3-6-14(16)9-13)10-18(12)7-4-8-22(19,20)17-2/h3,5-6,9,12,15,17H,4,7-8,10-11H2,1-2H3/t12-,15-/m0/s1. The molecule has 22 heavy (non-hydrogen) atoms. The normalized spacial score (nSPS) is 23.6. The molecule has 1 aliphatic rings. The molecule has 0 radical (unpaired) electrons. The highest BCUT2D eigenvalue weighted by Crippen LogP contribution is 2.26. The van der Waals surface area contributed by atoms with Crippen LogP contribution in [-0.4, -0.2) is 51.9 Å². The summed E-state index contributed by atoms with van der Waals surface area (Å²) in [5, 5.41) is 0.700. The molecule has 1 heterocycles. The van der Waals surface area contributed by atoms with Crippen LogP contribution in [0.3, 0.4) is 0 Å². The van der Waals surface area contributed by atoms with Gasteiger partial charge in [-0.3, -0.25) is 4.90 Å². The molecule has 1 N–H and O–H groups in total. The summed E-state index contributed by atoms with van der Waals surface area (Å²) in [7, 11) is -1.69. The van der Waals surface area contributed by atoms with Crippen LogP contribution in [0.25, 0.3) is 0 Å². The summed E-state index contributed by atoms with van der Waals surface area (Å²) in [6.07, 6.45) is 0.589. The van der Waals surface area contributed by atoms with Gasteiger partial charge in [-0.05, 0) is 44.6 Å². The Morgan fingerprint density at radius 2 is 2.23 bits per heavy atom. The predicted molar refractivity (Wildman–Crippen MR) is 88.6 cm³/mol. The van der Waals surface area contributed by atoms with Crippen LogP contribution < -0.4 is 4.72 Å². The first-order valence-electron chi connectivity index (χ1n) is 7.43. The lowest BCUT2D eigenvalue weighted by Crippen LogP contribution is -2.45. The van der Waals surface area contributed by atoms with E-state index in [1.54, 1.807) is 0 Å². The summed E-state index contributed by atoms with van der Waals surface area (Å²) in [5.74, 6) is 0.148. The van der Waals surface area contributed by atoms with E-state index in [4.69, 9.17) is 16.3 Å². The maximum Gasteiger partial charge on any atom is 0.211 e. The summed E-state index contributed by atoms with van der Waals surface area (Å²) < 4.78 is 31.2. The number of halogens is 1. The zero-order valence-corrected chi connectivity index (χ0v) is 14.5. The van der Waals surface area contributed by atoms with Crippen molar-refractivity contribution < 1.29 is 13.2 Å². The van der Waals surface area contributed by atoms with Gasteiger partial charge in [-0.15, -0.1) is 0 Å². The van der Waals surface area contributed by atoms with E-state index in [0.717, 1.165) is 18.7 Å². The Morgan fingerprint density at radius 3 is 2.91 bits per heavy atom. The van der Waals surface area contributed by atoms with Gasteiger partial charge in [0.05, 0.1) is 18.5 Å². The monoisotopic (exact) mass is 346 g/mol. The van der Waals surface area contributed by atoms with E-state index in [9.17, 15) is 8.42 Å².